The lowest BCUT2D eigenvalue weighted by molar-refractivity contribution is 0.581. The van der Waals surface area contributed by atoms with Gasteiger partial charge in [0.1, 0.15) is 0 Å². The summed E-state index contributed by atoms with van der Waals surface area (Å²) in [4.78, 5) is 0.304. The number of nitrogens with one attached hydrogen (secondary N) is 1. The number of halogens is 1. The van der Waals surface area contributed by atoms with E-state index in [2.05, 4.69) is 11.6 Å². The summed E-state index contributed by atoms with van der Waals surface area (Å²) < 4.78 is 27.1. The van der Waals surface area contributed by atoms with Crippen molar-refractivity contribution in [2.24, 2.45) is 0 Å². The maximum absolute atomic E-state index is 12.2. The van der Waals surface area contributed by atoms with Crippen LogP contribution in [0.3, 0.4) is 0 Å². The Morgan fingerprint density at radius 3 is 2.36 bits per heavy atom. The van der Waals surface area contributed by atoms with Gasteiger partial charge >= 0.3 is 0 Å². The summed E-state index contributed by atoms with van der Waals surface area (Å²) in [5.74, 6) is 0. The number of hydrogen-bond acceptors (Lipinski definition) is 2. The highest BCUT2D eigenvalue weighted by Crippen LogP contribution is 2.13. The summed E-state index contributed by atoms with van der Waals surface area (Å²) in [6.07, 6.45) is 2.61. The molecule has 3 nitrogen and oxygen atoms in total. The highest BCUT2D eigenvalue weighted by atomic mass is 35.5. The minimum atomic E-state index is -3.46. The number of rotatable bonds is 7. The fourth-order valence-corrected chi connectivity index (χ4v) is 3.47. The molecule has 0 saturated carbocycles. The van der Waals surface area contributed by atoms with Crippen LogP contribution in [0.15, 0.2) is 53.4 Å². The Labute approximate surface area is 137 Å². The highest BCUT2D eigenvalue weighted by molar-refractivity contribution is 7.89. The van der Waals surface area contributed by atoms with Crippen LogP contribution in [0, 0.1) is 0 Å². The first-order valence-corrected chi connectivity index (χ1v) is 9.20. The van der Waals surface area contributed by atoms with Gasteiger partial charge in [-0.25, -0.2) is 13.1 Å². The zero-order valence-corrected chi connectivity index (χ0v) is 14.1. The monoisotopic (exact) mass is 337 g/mol. The van der Waals surface area contributed by atoms with Gasteiger partial charge in [-0.05, 0) is 48.2 Å². The van der Waals surface area contributed by atoms with E-state index in [0.29, 0.717) is 22.9 Å². The van der Waals surface area contributed by atoms with Gasteiger partial charge in [0, 0.05) is 11.6 Å². The standard InChI is InChI=1S/C17H20ClNO2S/c1-2-4-14-7-9-17(10-8-14)22(20,21)19-12-11-15-5-3-6-16(18)13-15/h3,5-10,13,19H,2,4,11-12H2,1H3. The molecular formula is C17H20ClNO2S. The van der Waals surface area contributed by atoms with Gasteiger partial charge < -0.3 is 0 Å². The molecule has 0 aliphatic carbocycles. The lowest BCUT2D eigenvalue weighted by atomic mass is 10.1. The molecule has 0 fully saturated rings. The summed E-state index contributed by atoms with van der Waals surface area (Å²) in [6, 6.07) is 14.5. The van der Waals surface area contributed by atoms with E-state index < -0.39 is 10.0 Å². The van der Waals surface area contributed by atoms with Crippen LogP contribution in [0.25, 0.3) is 0 Å². The van der Waals surface area contributed by atoms with E-state index in [-0.39, 0.29) is 0 Å². The van der Waals surface area contributed by atoms with Crippen molar-refractivity contribution >= 4 is 21.6 Å². The first kappa shape index (κ1) is 17.0. The SMILES string of the molecule is CCCc1ccc(S(=O)(=O)NCCc2cccc(Cl)c2)cc1. The van der Waals surface area contributed by atoms with E-state index in [1.165, 1.54) is 0 Å². The summed E-state index contributed by atoms with van der Waals surface area (Å²) in [7, 11) is -3.46. The maximum Gasteiger partial charge on any atom is 0.240 e. The van der Waals surface area contributed by atoms with Crippen molar-refractivity contribution in [3.63, 3.8) is 0 Å². The summed E-state index contributed by atoms with van der Waals surface area (Å²) in [5, 5.41) is 0.659. The molecule has 5 heteroatoms. The van der Waals surface area contributed by atoms with E-state index >= 15 is 0 Å². The highest BCUT2D eigenvalue weighted by Gasteiger charge is 2.13. The third-order valence-corrected chi connectivity index (χ3v) is 5.08. The Hall–Kier alpha value is -1.36. The second-order valence-corrected chi connectivity index (χ2v) is 7.38. The molecule has 0 spiro atoms. The first-order chi connectivity index (χ1) is 10.5. The van der Waals surface area contributed by atoms with Gasteiger partial charge in [-0.1, -0.05) is 49.2 Å². The average Bonchev–Trinajstić information content (AvgIpc) is 2.48. The molecule has 2 rings (SSSR count). The molecule has 22 heavy (non-hydrogen) atoms. The predicted octanol–water partition coefficient (Wildman–Crippen LogP) is 3.81. The lowest BCUT2D eigenvalue weighted by Gasteiger charge is -2.08. The van der Waals surface area contributed by atoms with Gasteiger partial charge in [0.05, 0.1) is 4.90 Å². The molecule has 0 amide bonds. The van der Waals surface area contributed by atoms with Crippen molar-refractivity contribution < 1.29 is 8.42 Å². The molecule has 0 aromatic heterocycles. The maximum atomic E-state index is 12.2. The smallest absolute Gasteiger partial charge is 0.211 e. The summed E-state index contributed by atoms with van der Waals surface area (Å²) >= 11 is 5.91. The van der Waals surface area contributed by atoms with Gasteiger partial charge in [0.15, 0.2) is 0 Å². The Bertz CT molecular complexity index is 712. The van der Waals surface area contributed by atoms with E-state index in [9.17, 15) is 8.42 Å². The third kappa shape index (κ3) is 4.83. The van der Waals surface area contributed by atoms with Crippen molar-refractivity contribution in [3.8, 4) is 0 Å². The minimum Gasteiger partial charge on any atom is -0.211 e. The largest absolute Gasteiger partial charge is 0.240 e. The second-order valence-electron chi connectivity index (χ2n) is 5.17. The van der Waals surface area contributed by atoms with Crippen molar-refractivity contribution in [1.82, 2.24) is 4.72 Å². The molecule has 0 radical (unpaired) electrons. The minimum absolute atomic E-state index is 0.304. The molecule has 1 N–H and O–H groups in total. The molecule has 2 aromatic rings. The molecular weight excluding hydrogens is 318 g/mol. The molecule has 0 saturated heterocycles. The molecule has 0 bridgehead atoms. The van der Waals surface area contributed by atoms with Gasteiger partial charge in [0.2, 0.25) is 10.0 Å². The Morgan fingerprint density at radius 2 is 1.73 bits per heavy atom. The Morgan fingerprint density at radius 1 is 1.00 bits per heavy atom. The van der Waals surface area contributed by atoms with E-state index in [4.69, 9.17) is 11.6 Å². The normalized spacial score (nSPS) is 11.5. The van der Waals surface area contributed by atoms with Crippen molar-refractivity contribution in [1.29, 1.82) is 0 Å². The van der Waals surface area contributed by atoms with Crippen LogP contribution in [-0.4, -0.2) is 15.0 Å². The van der Waals surface area contributed by atoms with Gasteiger partial charge in [-0.2, -0.15) is 0 Å². The molecule has 0 heterocycles. The zero-order valence-electron chi connectivity index (χ0n) is 12.5. The Kier molecular flexibility index (Phi) is 6.00. The molecule has 118 valence electrons. The fourth-order valence-electron chi connectivity index (χ4n) is 2.23. The molecule has 0 aliphatic rings. The van der Waals surface area contributed by atoms with Crippen LogP contribution in [0.5, 0.6) is 0 Å². The summed E-state index contributed by atoms with van der Waals surface area (Å²) in [6.45, 7) is 2.45. The van der Waals surface area contributed by atoms with Gasteiger partial charge in [-0.3, -0.25) is 0 Å². The molecule has 0 aliphatic heterocycles. The molecule has 0 unspecified atom stereocenters. The second kappa shape index (κ2) is 7.77. The van der Waals surface area contributed by atoms with E-state index in [1.807, 2.05) is 30.3 Å². The first-order valence-electron chi connectivity index (χ1n) is 7.34. The van der Waals surface area contributed by atoms with Crippen LogP contribution in [0.2, 0.25) is 5.02 Å². The number of benzene rings is 2. The topological polar surface area (TPSA) is 46.2 Å². The van der Waals surface area contributed by atoms with E-state index in [1.54, 1.807) is 18.2 Å². The Balaban J connectivity index is 1.96. The fraction of sp³-hybridized carbons (Fsp3) is 0.294. The van der Waals surface area contributed by atoms with Crippen LogP contribution in [0.4, 0.5) is 0 Å². The number of hydrogen-bond donors (Lipinski definition) is 1. The molecule has 0 atom stereocenters. The quantitative estimate of drug-likeness (QED) is 0.835. The molecule has 2 aromatic carbocycles. The van der Waals surface area contributed by atoms with Gasteiger partial charge in [-0.15, -0.1) is 0 Å². The van der Waals surface area contributed by atoms with Crippen LogP contribution >= 0.6 is 11.6 Å². The van der Waals surface area contributed by atoms with Crippen LogP contribution < -0.4 is 4.72 Å². The van der Waals surface area contributed by atoms with Crippen molar-refractivity contribution in [2.45, 2.75) is 31.1 Å². The zero-order chi connectivity index (χ0) is 16.0. The average molecular weight is 338 g/mol. The van der Waals surface area contributed by atoms with Crippen LogP contribution in [0.1, 0.15) is 24.5 Å². The lowest BCUT2D eigenvalue weighted by Crippen LogP contribution is -2.26. The number of aryl methyl sites for hydroxylation is 1. The number of sulfonamides is 1. The third-order valence-electron chi connectivity index (χ3n) is 3.37. The van der Waals surface area contributed by atoms with Gasteiger partial charge in [0.25, 0.3) is 0 Å². The van der Waals surface area contributed by atoms with Crippen molar-refractivity contribution in [2.75, 3.05) is 6.54 Å². The van der Waals surface area contributed by atoms with Crippen molar-refractivity contribution in [3.05, 3.63) is 64.7 Å². The van der Waals surface area contributed by atoms with Crippen LogP contribution in [-0.2, 0) is 22.9 Å². The predicted molar refractivity (Wildman–Crippen MR) is 90.8 cm³/mol. The van der Waals surface area contributed by atoms with E-state index in [0.717, 1.165) is 24.0 Å². The summed E-state index contributed by atoms with van der Waals surface area (Å²) in [5.41, 5.74) is 2.16.